The van der Waals surface area contributed by atoms with Crippen molar-refractivity contribution in [2.45, 2.75) is 6.92 Å². The Morgan fingerprint density at radius 1 is 1.55 bits per heavy atom. The molecule has 0 aliphatic carbocycles. The third-order valence-corrected chi connectivity index (χ3v) is 2.07. The molecule has 11 heavy (non-hydrogen) atoms. The summed E-state index contributed by atoms with van der Waals surface area (Å²) in [6.45, 7) is 1.84. The number of aryl methyl sites for hydroxylation is 1. The summed E-state index contributed by atoms with van der Waals surface area (Å²) in [5.74, 6) is -0.325. The van der Waals surface area contributed by atoms with Crippen molar-refractivity contribution in [3.63, 3.8) is 0 Å². The summed E-state index contributed by atoms with van der Waals surface area (Å²) in [5, 5.41) is 6.94. The molecule has 0 atom stereocenters. The Labute approximate surface area is 72.9 Å². The molecule has 0 bridgehead atoms. The fourth-order valence-corrected chi connectivity index (χ4v) is 1.28. The van der Waals surface area contributed by atoms with Gasteiger partial charge in [0.15, 0.2) is 0 Å². The van der Waals surface area contributed by atoms with Gasteiger partial charge in [0, 0.05) is 6.21 Å². The molecule has 1 nitrogen and oxygen atoms in total. The van der Waals surface area contributed by atoms with E-state index in [0.717, 1.165) is 11.8 Å². The van der Waals surface area contributed by atoms with E-state index in [4.69, 9.17) is 5.41 Å². The van der Waals surface area contributed by atoms with Gasteiger partial charge in [-0.3, -0.25) is 0 Å². The Morgan fingerprint density at radius 2 is 2.18 bits per heavy atom. The minimum Gasteiger partial charge on any atom is -0.308 e. The first-order chi connectivity index (χ1) is 5.15. The van der Waals surface area contributed by atoms with E-state index in [0.29, 0.717) is 10.0 Å². The second-order valence-corrected chi connectivity index (χ2v) is 3.12. The number of hydrogen-bond acceptors (Lipinski definition) is 1. The number of hydrogen-bond donors (Lipinski definition) is 1. The molecule has 0 saturated heterocycles. The van der Waals surface area contributed by atoms with Gasteiger partial charge in [0.2, 0.25) is 0 Å². The van der Waals surface area contributed by atoms with E-state index in [1.54, 1.807) is 6.07 Å². The largest absolute Gasteiger partial charge is 0.308 e. The van der Waals surface area contributed by atoms with E-state index in [-0.39, 0.29) is 5.82 Å². The maximum absolute atomic E-state index is 12.8. The Morgan fingerprint density at radius 3 is 2.73 bits per heavy atom. The highest BCUT2D eigenvalue weighted by Crippen LogP contribution is 2.18. The highest BCUT2D eigenvalue weighted by atomic mass is 79.9. The van der Waals surface area contributed by atoms with Crippen molar-refractivity contribution in [3.05, 3.63) is 33.5 Å². The molecule has 0 radical (unpaired) electrons. The van der Waals surface area contributed by atoms with Crippen LogP contribution in [0.1, 0.15) is 11.1 Å². The van der Waals surface area contributed by atoms with Gasteiger partial charge in [-0.1, -0.05) is 0 Å². The van der Waals surface area contributed by atoms with Gasteiger partial charge in [-0.15, -0.1) is 0 Å². The Balaban J connectivity index is 3.31. The van der Waals surface area contributed by atoms with Gasteiger partial charge in [0.1, 0.15) is 5.82 Å². The topological polar surface area (TPSA) is 23.9 Å². The van der Waals surface area contributed by atoms with Crippen LogP contribution >= 0.6 is 15.9 Å². The van der Waals surface area contributed by atoms with Crippen LogP contribution in [-0.4, -0.2) is 6.21 Å². The average Bonchev–Trinajstić information content (AvgIpc) is 1.97. The van der Waals surface area contributed by atoms with Crippen LogP contribution in [0.3, 0.4) is 0 Å². The van der Waals surface area contributed by atoms with E-state index in [2.05, 4.69) is 15.9 Å². The lowest BCUT2D eigenvalue weighted by molar-refractivity contribution is 0.620. The van der Waals surface area contributed by atoms with Crippen LogP contribution in [0.5, 0.6) is 0 Å². The van der Waals surface area contributed by atoms with Gasteiger partial charge in [0.05, 0.1) is 4.47 Å². The van der Waals surface area contributed by atoms with Crippen molar-refractivity contribution in [1.29, 1.82) is 5.41 Å². The van der Waals surface area contributed by atoms with Crippen LogP contribution in [-0.2, 0) is 0 Å². The van der Waals surface area contributed by atoms with Crippen molar-refractivity contribution in [1.82, 2.24) is 0 Å². The van der Waals surface area contributed by atoms with E-state index in [9.17, 15) is 4.39 Å². The summed E-state index contributed by atoms with van der Waals surface area (Å²) in [6.07, 6.45) is 1.14. The van der Waals surface area contributed by atoms with Gasteiger partial charge in [-0.25, -0.2) is 4.39 Å². The fraction of sp³-hybridized carbons (Fsp3) is 0.125. The number of halogens is 2. The quantitative estimate of drug-likeness (QED) is 0.698. The second-order valence-electron chi connectivity index (χ2n) is 2.27. The molecule has 3 heteroatoms. The van der Waals surface area contributed by atoms with Gasteiger partial charge in [0.25, 0.3) is 0 Å². The summed E-state index contributed by atoms with van der Waals surface area (Å²) >= 11 is 3.06. The minimum atomic E-state index is -0.325. The maximum Gasteiger partial charge on any atom is 0.138 e. The first-order valence-corrected chi connectivity index (χ1v) is 3.90. The first kappa shape index (κ1) is 8.40. The molecule has 0 spiro atoms. The lowest BCUT2D eigenvalue weighted by Gasteiger charge is -2.00. The fourth-order valence-electron chi connectivity index (χ4n) is 0.817. The summed E-state index contributed by atoms with van der Waals surface area (Å²) in [4.78, 5) is 0. The Hall–Kier alpha value is -0.700. The molecule has 1 aromatic rings. The molecule has 0 aliphatic heterocycles. The zero-order chi connectivity index (χ0) is 8.43. The molecule has 0 fully saturated rings. The van der Waals surface area contributed by atoms with Crippen LogP contribution in [0.15, 0.2) is 16.6 Å². The van der Waals surface area contributed by atoms with Gasteiger partial charge < -0.3 is 5.41 Å². The van der Waals surface area contributed by atoms with E-state index in [1.807, 2.05) is 6.92 Å². The molecule has 0 aromatic heterocycles. The maximum atomic E-state index is 12.8. The van der Waals surface area contributed by atoms with Crippen LogP contribution in [0.25, 0.3) is 0 Å². The van der Waals surface area contributed by atoms with Crippen molar-refractivity contribution >= 4 is 22.1 Å². The lowest BCUT2D eigenvalue weighted by atomic mass is 10.1. The van der Waals surface area contributed by atoms with Crippen molar-refractivity contribution in [2.75, 3.05) is 0 Å². The zero-order valence-electron chi connectivity index (χ0n) is 5.99. The number of nitrogens with one attached hydrogen (secondary N) is 1. The summed E-state index contributed by atoms with van der Waals surface area (Å²) < 4.78 is 13.2. The number of benzene rings is 1. The molecule has 0 aliphatic rings. The standard InChI is InChI=1S/C8H7BrFN/c1-5-2-7(9)8(10)3-6(5)4-11/h2-4,11H,1H3. The highest BCUT2D eigenvalue weighted by Gasteiger charge is 2.01. The van der Waals surface area contributed by atoms with Crippen LogP contribution in [0, 0.1) is 18.2 Å². The normalized spacial score (nSPS) is 9.73. The first-order valence-electron chi connectivity index (χ1n) is 3.11. The summed E-state index contributed by atoms with van der Waals surface area (Å²) in [6, 6.07) is 3.00. The molecular formula is C8H7BrFN. The molecule has 1 rings (SSSR count). The SMILES string of the molecule is Cc1cc(Br)c(F)cc1C=N. The van der Waals surface area contributed by atoms with Crippen molar-refractivity contribution in [3.8, 4) is 0 Å². The molecule has 1 N–H and O–H groups in total. The second kappa shape index (κ2) is 3.13. The molecule has 0 amide bonds. The van der Waals surface area contributed by atoms with E-state index >= 15 is 0 Å². The molecule has 0 heterocycles. The molecule has 0 unspecified atom stereocenters. The Kier molecular flexibility index (Phi) is 2.39. The van der Waals surface area contributed by atoms with E-state index < -0.39 is 0 Å². The lowest BCUT2D eigenvalue weighted by Crippen LogP contribution is -1.88. The average molecular weight is 216 g/mol. The minimum absolute atomic E-state index is 0.325. The molecule has 58 valence electrons. The zero-order valence-corrected chi connectivity index (χ0v) is 7.57. The smallest absolute Gasteiger partial charge is 0.138 e. The van der Waals surface area contributed by atoms with Gasteiger partial charge in [-0.05, 0) is 46.1 Å². The third kappa shape index (κ3) is 1.66. The summed E-state index contributed by atoms with van der Waals surface area (Å²) in [7, 11) is 0. The van der Waals surface area contributed by atoms with Crippen molar-refractivity contribution < 1.29 is 4.39 Å². The molecule has 1 aromatic carbocycles. The predicted octanol–water partition coefficient (Wildman–Crippen LogP) is 2.89. The predicted molar refractivity (Wildman–Crippen MR) is 46.7 cm³/mol. The third-order valence-electron chi connectivity index (χ3n) is 1.46. The Bertz CT molecular complexity index is 296. The molecule has 0 saturated carbocycles. The summed E-state index contributed by atoms with van der Waals surface area (Å²) in [5.41, 5.74) is 1.51. The highest BCUT2D eigenvalue weighted by molar-refractivity contribution is 9.10. The monoisotopic (exact) mass is 215 g/mol. The van der Waals surface area contributed by atoms with Gasteiger partial charge in [-0.2, -0.15) is 0 Å². The van der Waals surface area contributed by atoms with Crippen LogP contribution in [0.4, 0.5) is 4.39 Å². The van der Waals surface area contributed by atoms with Crippen molar-refractivity contribution in [2.24, 2.45) is 0 Å². The van der Waals surface area contributed by atoms with E-state index in [1.165, 1.54) is 6.07 Å². The number of rotatable bonds is 1. The van der Waals surface area contributed by atoms with Gasteiger partial charge >= 0.3 is 0 Å². The molecular weight excluding hydrogens is 209 g/mol. The van der Waals surface area contributed by atoms with Crippen LogP contribution < -0.4 is 0 Å². The van der Waals surface area contributed by atoms with Crippen LogP contribution in [0.2, 0.25) is 0 Å².